The van der Waals surface area contributed by atoms with Gasteiger partial charge in [0.05, 0.1) is 26.2 Å². The summed E-state index contributed by atoms with van der Waals surface area (Å²) in [7, 11) is 2.43. The molecule has 0 heterocycles. The van der Waals surface area contributed by atoms with Crippen molar-refractivity contribution in [1.82, 2.24) is 5.32 Å². The number of rotatable bonds is 27. The number of amides is 1. The van der Waals surface area contributed by atoms with Gasteiger partial charge >= 0.3 is 11.9 Å². The molecule has 0 radical (unpaired) electrons. The topological polar surface area (TPSA) is 148 Å². The zero-order chi connectivity index (χ0) is 34.2. The third-order valence-electron chi connectivity index (χ3n) is 7.93. The van der Waals surface area contributed by atoms with Crippen molar-refractivity contribution < 1.29 is 43.6 Å². The maximum absolute atomic E-state index is 13.5. The number of carboxylic acid groups (broad SMARTS) is 1. The van der Waals surface area contributed by atoms with Crippen molar-refractivity contribution in [3.8, 4) is 5.75 Å². The van der Waals surface area contributed by atoms with Crippen molar-refractivity contribution in [3.05, 3.63) is 42.0 Å². The molecule has 0 aliphatic heterocycles. The van der Waals surface area contributed by atoms with Crippen molar-refractivity contribution in [2.45, 2.75) is 122 Å². The van der Waals surface area contributed by atoms with Crippen LogP contribution in [0.1, 0.15) is 109 Å². The normalized spacial score (nSPS) is 13.9. The van der Waals surface area contributed by atoms with E-state index in [9.17, 15) is 29.4 Å². The van der Waals surface area contributed by atoms with Gasteiger partial charge in [-0.25, -0.2) is 9.59 Å². The standard InChI is InChI=1S/C36H57NO9/c1-5-7-9-12-15-18-29(38)19-16-13-10-11-14-17-20-31(36(43,27-44-3)35(41)42)33(39)37-32(34(40)45-4)26-28-21-23-30(24-22-28)46-25-8-6-2/h17,20-24,31-32,43H,5-16,18-19,25-27H2,1-4H3,(H,37,39)(H,41,42)/b20-17+/t31-,32+,36+/m1/s1. The van der Waals surface area contributed by atoms with Gasteiger partial charge in [-0.15, -0.1) is 0 Å². The number of unbranched alkanes of at least 4 members (excludes halogenated alkanes) is 9. The monoisotopic (exact) mass is 647 g/mol. The molecule has 3 N–H and O–H groups in total. The molecule has 1 aromatic carbocycles. The van der Waals surface area contributed by atoms with E-state index in [0.29, 0.717) is 37.4 Å². The predicted octanol–water partition coefficient (Wildman–Crippen LogP) is 5.97. The Labute approximate surface area is 275 Å². The predicted molar refractivity (Wildman–Crippen MR) is 178 cm³/mol. The second-order valence-corrected chi connectivity index (χ2v) is 11.9. The number of aliphatic hydroxyl groups is 1. The summed E-state index contributed by atoms with van der Waals surface area (Å²) in [4.78, 5) is 50.4. The van der Waals surface area contributed by atoms with Gasteiger partial charge in [-0.1, -0.05) is 83.1 Å². The van der Waals surface area contributed by atoms with Crippen LogP contribution in [0.2, 0.25) is 0 Å². The molecule has 10 heteroatoms. The molecule has 0 saturated carbocycles. The summed E-state index contributed by atoms with van der Waals surface area (Å²) in [6.45, 7) is 4.20. The highest BCUT2D eigenvalue weighted by Crippen LogP contribution is 2.23. The zero-order valence-electron chi connectivity index (χ0n) is 28.4. The average Bonchev–Trinajstić information content (AvgIpc) is 3.04. The van der Waals surface area contributed by atoms with Crippen LogP contribution in [-0.2, 0) is 35.1 Å². The highest BCUT2D eigenvalue weighted by Gasteiger charge is 2.47. The number of esters is 1. The largest absolute Gasteiger partial charge is 0.494 e. The van der Waals surface area contributed by atoms with Gasteiger partial charge in [0.1, 0.15) is 17.6 Å². The molecule has 1 rings (SSSR count). The molecular formula is C36H57NO9. The van der Waals surface area contributed by atoms with E-state index in [4.69, 9.17) is 14.2 Å². The number of methoxy groups -OCH3 is 2. The first-order valence-corrected chi connectivity index (χ1v) is 16.9. The summed E-state index contributed by atoms with van der Waals surface area (Å²) in [5.74, 6) is -3.71. The maximum atomic E-state index is 13.5. The van der Waals surface area contributed by atoms with Gasteiger partial charge in [-0.2, -0.15) is 0 Å². The first kappa shape index (κ1) is 40.8. The van der Waals surface area contributed by atoms with Gasteiger partial charge in [0, 0.05) is 26.4 Å². The lowest BCUT2D eigenvalue weighted by molar-refractivity contribution is -0.173. The van der Waals surface area contributed by atoms with E-state index in [0.717, 1.165) is 56.9 Å². The minimum Gasteiger partial charge on any atom is -0.494 e. The van der Waals surface area contributed by atoms with Crippen molar-refractivity contribution >= 4 is 23.6 Å². The minimum absolute atomic E-state index is 0.0845. The molecule has 0 aliphatic rings. The fourth-order valence-corrected chi connectivity index (χ4v) is 5.08. The van der Waals surface area contributed by atoms with Gasteiger partial charge in [0.15, 0.2) is 5.60 Å². The van der Waals surface area contributed by atoms with Crippen LogP contribution in [0, 0.1) is 5.92 Å². The quantitative estimate of drug-likeness (QED) is 0.0597. The number of ether oxygens (including phenoxy) is 3. The molecule has 0 saturated heterocycles. The van der Waals surface area contributed by atoms with E-state index >= 15 is 0 Å². The lowest BCUT2D eigenvalue weighted by Gasteiger charge is -2.30. The maximum Gasteiger partial charge on any atom is 0.339 e. The Bertz CT molecular complexity index is 1060. The average molecular weight is 648 g/mol. The first-order valence-electron chi connectivity index (χ1n) is 16.9. The van der Waals surface area contributed by atoms with Crippen molar-refractivity contribution in [2.75, 3.05) is 27.4 Å². The van der Waals surface area contributed by atoms with Crippen LogP contribution in [0.25, 0.3) is 0 Å². The molecule has 0 aliphatic carbocycles. The van der Waals surface area contributed by atoms with Crippen LogP contribution in [0.3, 0.4) is 0 Å². The fourth-order valence-electron chi connectivity index (χ4n) is 5.08. The van der Waals surface area contributed by atoms with Crippen LogP contribution in [0.15, 0.2) is 36.4 Å². The summed E-state index contributed by atoms with van der Waals surface area (Å²) in [6, 6.07) is 6.00. The molecule has 0 bridgehead atoms. The summed E-state index contributed by atoms with van der Waals surface area (Å²) >= 11 is 0. The number of hydrogen-bond acceptors (Lipinski definition) is 8. The summed E-state index contributed by atoms with van der Waals surface area (Å²) in [5.41, 5.74) is -1.84. The molecule has 1 amide bonds. The van der Waals surface area contributed by atoms with Crippen LogP contribution in [0.5, 0.6) is 5.75 Å². The Balaban J connectivity index is 2.81. The Kier molecular flexibility index (Phi) is 21.3. The van der Waals surface area contributed by atoms with E-state index < -0.39 is 42.0 Å². The number of hydrogen-bond donors (Lipinski definition) is 3. The SMILES string of the molecule is CCCCCCCC(=O)CCCCCC/C=C/[C@H](C(=O)N[C@@H](Cc1ccc(OCCCC)cc1)C(=O)OC)[C@@](O)(COC)C(=O)O. The number of nitrogens with one attached hydrogen (secondary N) is 1. The van der Waals surface area contributed by atoms with Gasteiger partial charge < -0.3 is 29.7 Å². The lowest BCUT2D eigenvalue weighted by atomic mass is 9.86. The highest BCUT2D eigenvalue weighted by molar-refractivity contribution is 5.93. The Morgan fingerprint density at radius 3 is 2.04 bits per heavy atom. The minimum atomic E-state index is -2.57. The van der Waals surface area contributed by atoms with E-state index in [2.05, 4.69) is 19.2 Å². The third kappa shape index (κ3) is 15.9. The van der Waals surface area contributed by atoms with Crippen LogP contribution < -0.4 is 10.1 Å². The van der Waals surface area contributed by atoms with Crippen molar-refractivity contribution in [3.63, 3.8) is 0 Å². The molecular weight excluding hydrogens is 590 g/mol. The first-order chi connectivity index (χ1) is 22.1. The van der Waals surface area contributed by atoms with Crippen molar-refractivity contribution in [2.24, 2.45) is 5.92 Å². The number of allylic oxidation sites excluding steroid dienone is 1. The number of carbonyl (C=O) groups excluding carboxylic acids is 3. The van der Waals surface area contributed by atoms with E-state index in [1.807, 2.05) is 0 Å². The Hall–Kier alpha value is -3.24. The number of ketones is 1. The number of benzene rings is 1. The number of Topliss-reactive ketones (excluding diaryl/α,β-unsaturated/α-hetero) is 1. The Morgan fingerprint density at radius 2 is 1.48 bits per heavy atom. The highest BCUT2D eigenvalue weighted by atomic mass is 16.5. The van der Waals surface area contributed by atoms with Crippen LogP contribution >= 0.6 is 0 Å². The van der Waals surface area contributed by atoms with E-state index in [1.54, 1.807) is 30.3 Å². The zero-order valence-corrected chi connectivity index (χ0v) is 28.4. The molecule has 1 aromatic rings. The molecule has 10 nitrogen and oxygen atoms in total. The smallest absolute Gasteiger partial charge is 0.339 e. The lowest BCUT2D eigenvalue weighted by Crippen LogP contribution is -2.56. The second-order valence-electron chi connectivity index (χ2n) is 11.9. The molecule has 46 heavy (non-hydrogen) atoms. The molecule has 0 unspecified atom stereocenters. The number of carboxylic acids is 1. The second kappa shape index (κ2) is 24.0. The summed E-state index contributed by atoms with van der Waals surface area (Å²) in [5, 5.41) is 23.5. The van der Waals surface area contributed by atoms with Gasteiger partial charge in [-0.3, -0.25) is 9.59 Å². The summed E-state index contributed by atoms with van der Waals surface area (Å²) < 4.78 is 15.6. The van der Waals surface area contributed by atoms with Crippen LogP contribution in [-0.4, -0.2) is 72.9 Å². The molecule has 260 valence electrons. The molecule has 3 atom stereocenters. The third-order valence-corrected chi connectivity index (χ3v) is 7.93. The summed E-state index contributed by atoms with van der Waals surface area (Å²) in [6.07, 6.45) is 15.9. The van der Waals surface area contributed by atoms with E-state index in [1.165, 1.54) is 39.6 Å². The van der Waals surface area contributed by atoms with E-state index in [-0.39, 0.29) is 6.42 Å². The number of carbonyl (C=O) groups is 4. The van der Waals surface area contributed by atoms with Crippen molar-refractivity contribution in [1.29, 1.82) is 0 Å². The van der Waals surface area contributed by atoms with Gasteiger partial charge in [0.25, 0.3) is 0 Å². The fraction of sp³-hybridized carbons (Fsp3) is 0.667. The van der Waals surface area contributed by atoms with Gasteiger partial charge in [-0.05, 0) is 49.8 Å². The molecule has 0 fully saturated rings. The molecule has 0 spiro atoms. The number of aliphatic carboxylic acids is 1. The van der Waals surface area contributed by atoms with Crippen LogP contribution in [0.4, 0.5) is 0 Å². The van der Waals surface area contributed by atoms with Gasteiger partial charge in [0.2, 0.25) is 5.91 Å². The Morgan fingerprint density at radius 1 is 0.870 bits per heavy atom. The molecule has 0 aromatic heterocycles.